The molecule has 0 atom stereocenters. The molecule has 0 saturated heterocycles. The largest absolute Gasteiger partial charge is 0.422 e. The van der Waals surface area contributed by atoms with Crippen molar-refractivity contribution in [3.8, 4) is 0 Å². The van der Waals surface area contributed by atoms with Gasteiger partial charge in [0.25, 0.3) is 5.91 Å². The highest BCUT2D eigenvalue weighted by Gasteiger charge is 2.33. The highest BCUT2D eigenvalue weighted by atomic mass is 35.5. The number of alkyl halides is 3. The van der Waals surface area contributed by atoms with E-state index in [1.807, 2.05) is 0 Å². The van der Waals surface area contributed by atoms with Gasteiger partial charge >= 0.3 is 11.8 Å². The Hall–Kier alpha value is -2.80. The summed E-state index contributed by atoms with van der Waals surface area (Å²) in [5, 5.41) is 2.30. The third-order valence-corrected chi connectivity index (χ3v) is 4.06. The third kappa shape index (κ3) is 3.43. The lowest BCUT2D eigenvalue weighted by Crippen LogP contribution is -2.21. The van der Waals surface area contributed by atoms with E-state index < -0.39 is 28.3 Å². The minimum absolute atomic E-state index is 0.143. The van der Waals surface area contributed by atoms with Gasteiger partial charge in [0.05, 0.1) is 10.6 Å². The van der Waals surface area contributed by atoms with Crippen LogP contribution in [0.3, 0.4) is 0 Å². The molecule has 1 aromatic heterocycles. The lowest BCUT2D eigenvalue weighted by atomic mass is 10.1. The number of fused-ring (bicyclic) bond motifs is 1. The van der Waals surface area contributed by atoms with E-state index in [1.54, 1.807) is 25.1 Å². The second kappa shape index (κ2) is 6.49. The average Bonchev–Trinajstić information content (AvgIpc) is 2.56. The molecule has 1 N–H and O–H groups in total. The van der Waals surface area contributed by atoms with Gasteiger partial charge in [-0.15, -0.1) is 0 Å². The zero-order valence-electron chi connectivity index (χ0n) is 13.3. The Morgan fingerprint density at radius 1 is 1.15 bits per heavy atom. The van der Waals surface area contributed by atoms with Crippen LogP contribution in [0.2, 0.25) is 5.02 Å². The summed E-state index contributed by atoms with van der Waals surface area (Å²) < 4.78 is 43.9. The molecule has 8 heteroatoms. The van der Waals surface area contributed by atoms with Crippen LogP contribution in [0.15, 0.2) is 51.7 Å². The fourth-order valence-corrected chi connectivity index (χ4v) is 2.69. The summed E-state index contributed by atoms with van der Waals surface area (Å²) in [5.41, 5.74) is -1.35. The number of anilines is 1. The maximum atomic E-state index is 12.9. The Morgan fingerprint density at radius 2 is 1.88 bits per heavy atom. The summed E-state index contributed by atoms with van der Waals surface area (Å²) >= 11 is 5.54. The SMILES string of the molecule is Cc1cccc2cc(C(=O)Nc3ccc(Cl)c(C(F)(F)F)c3)c(=O)oc12. The molecule has 134 valence electrons. The van der Waals surface area contributed by atoms with Crippen LogP contribution in [0, 0.1) is 6.92 Å². The first-order valence-corrected chi connectivity index (χ1v) is 7.76. The van der Waals surface area contributed by atoms with E-state index in [1.165, 1.54) is 12.1 Å². The second-order valence-corrected chi connectivity index (χ2v) is 5.99. The fraction of sp³-hybridized carbons (Fsp3) is 0.111. The number of carbonyl (C=O) groups is 1. The van der Waals surface area contributed by atoms with Gasteiger partial charge in [-0.3, -0.25) is 4.79 Å². The molecule has 0 saturated carbocycles. The first-order valence-electron chi connectivity index (χ1n) is 7.38. The van der Waals surface area contributed by atoms with Gasteiger partial charge in [-0.25, -0.2) is 4.79 Å². The standard InChI is InChI=1S/C18H11ClF3NO3/c1-9-3-2-4-10-7-12(17(25)26-15(9)10)16(24)23-11-5-6-14(19)13(8-11)18(20,21)22/h2-8H,1H3,(H,23,24). The summed E-state index contributed by atoms with van der Waals surface area (Å²) in [4.78, 5) is 24.4. The number of hydrogen-bond acceptors (Lipinski definition) is 3. The molecule has 3 rings (SSSR count). The lowest BCUT2D eigenvalue weighted by molar-refractivity contribution is -0.137. The van der Waals surface area contributed by atoms with E-state index in [0.717, 1.165) is 11.6 Å². The molecular formula is C18H11ClF3NO3. The van der Waals surface area contributed by atoms with Gasteiger partial charge in [-0.05, 0) is 36.8 Å². The Bertz CT molecular complexity index is 1070. The van der Waals surface area contributed by atoms with E-state index in [9.17, 15) is 22.8 Å². The van der Waals surface area contributed by atoms with Crippen LogP contribution >= 0.6 is 11.6 Å². The predicted molar refractivity (Wildman–Crippen MR) is 91.6 cm³/mol. The van der Waals surface area contributed by atoms with Gasteiger partial charge in [0.1, 0.15) is 11.1 Å². The molecule has 0 aliphatic rings. The van der Waals surface area contributed by atoms with E-state index in [2.05, 4.69) is 5.32 Å². The highest BCUT2D eigenvalue weighted by molar-refractivity contribution is 6.31. The van der Waals surface area contributed by atoms with Crippen molar-refractivity contribution in [2.45, 2.75) is 13.1 Å². The Kier molecular flexibility index (Phi) is 4.50. The molecule has 0 radical (unpaired) electrons. The van der Waals surface area contributed by atoms with Crippen molar-refractivity contribution in [2.24, 2.45) is 0 Å². The van der Waals surface area contributed by atoms with E-state index in [0.29, 0.717) is 17.0 Å². The van der Waals surface area contributed by atoms with Crippen LogP contribution in [0.4, 0.5) is 18.9 Å². The number of benzene rings is 2. The zero-order valence-corrected chi connectivity index (χ0v) is 14.0. The first-order chi connectivity index (χ1) is 12.2. The summed E-state index contributed by atoms with van der Waals surface area (Å²) in [7, 11) is 0. The minimum atomic E-state index is -4.67. The van der Waals surface area contributed by atoms with Gasteiger partial charge in [-0.2, -0.15) is 13.2 Å². The smallest absolute Gasteiger partial charge is 0.417 e. The number of hydrogen-bond donors (Lipinski definition) is 1. The van der Waals surface area contributed by atoms with Crippen LogP contribution in [0.1, 0.15) is 21.5 Å². The van der Waals surface area contributed by atoms with Gasteiger partial charge < -0.3 is 9.73 Å². The van der Waals surface area contributed by atoms with E-state index >= 15 is 0 Å². The molecule has 1 amide bonds. The Labute approximate surface area is 150 Å². The van der Waals surface area contributed by atoms with Crippen molar-refractivity contribution in [1.82, 2.24) is 0 Å². The summed E-state index contributed by atoms with van der Waals surface area (Å²) in [5.74, 6) is -0.877. The van der Waals surface area contributed by atoms with Crippen molar-refractivity contribution < 1.29 is 22.4 Å². The molecule has 3 aromatic rings. The average molecular weight is 382 g/mol. The fourth-order valence-electron chi connectivity index (χ4n) is 2.47. The van der Waals surface area contributed by atoms with Crippen molar-refractivity contribution >= 4 is 34.2 Å². The summed E-state index contributed by atoms with van der Waals surface area (Å²) in [6.07, 6.45) is -4.67. The molecule has 0 aliphatic carbocycles. The van der Waals surface area contributed by atoms with Gasteiger partial charge in [0, 0.05) is 11.1 Å². The molecule has 0 unspecified atom stereocenters. The van der Waals surface area contributed by atoms with E-state index in [-0.39, 0.29) is 11.3 Å². The monoisotopic (exact) mass is 381 g/mol. The number of amides is 1. The quantitative estimate of drug-likeness (QED) is 0.634. The minimum Gasteiger partial charge on any atom is -0.422 e. The molecule has 0 spiro atoms. The summed E-state index contributed by atoms with van der Waals surface area (Å²) in [6, 6.07) is 9.41. The highest BCUT2D eigenvalue weighted by Crippen LogP contribution is 2.36. The summed E-state index contributed by atoms with van der Waals surface area (Å²) in [6.45, 7) is 1.75. The molecule has 26 heavy (non-hydrogen) atoms. The van der Waals surface area contributed by atoms with Gasteiger partial charge in [0.15, 0.2) is 0 Å². The van der Waals surface area contributed by atoms with Crippen molar-refractivity contribution in [3.63, 3.8) is 0 Å². The van der Waals surface area contributed by atoms with Gasteiger partial charge in [-0.1, -0.05) is 29.8 Å². The number of rotatable bonds is 2. The lowest BCUT2D eigenvalue weighted by Gasteiger charge is -2.11. The molecular weight excluding hydrogens is 371 g/mol. The van der Waals surface area contributed by atoms with Crippen LogP contribution < -0.4 is 10.9 Å². The van der Waals surface area contributed by atoms with Crippen LogP contribution in [-0.2, 0) is 6.18 Å². The Morgan fingerprint density at radius 3 is 2.58 bits per heavy atom. The third-order valence-electron chi connectivity index (χ3n) is 3.73. The van der Waals surface area contributed by atoms with Crippen LogP contribution in [0.25, 0.3) is 11.0 Å². The molecule has 1 heterocycles. The van der Waals surface area contributed by atoms with Crippen molar-refractivity contribution in [1.29, 1.82) is 0 Å². The zero-order chi connectivity index (χ0) is 19.1. The number of carbonyl (C=O) groups excluding carboxylic acids is 1. The number of halogens is 4. The van der Waals surface area contributed by atoms with Gasteiger partial charge in [0.2, 0.25) is 0 Å². The topological polar surface area (TPSA) is 59.3 Å². The van der Waals surface area contributed by atoms with Crippen LogP contribution in [0.5, 0.6) is 0 Å². The number of para-hydroxylation sites is 1. The predicted octanol–water partition coefficient (Wildman–Crippen LogP) is 5.03. The normalized spacial score (nSPS) is 11.6. The molecule has 0 aliphatic heterocycles. The second-order valence-electron chi connectivity index (χ2n) is 5.59. The maximum Gasteiger partial charge on any atom is 0.417 e. The molecule has 0 fully saturated rings. The van der Waals surface area contributed by atoms with E-state index in [4.69, 9.17) is 16.0 Å². The van der Waals surface area contributed by atoms with Crippen molar-refractivity contribution in [3.05, 3.63) is 74.6 Å². The van der Waals surface area contributed by atoms with Crippen LogP contribution in [-0.4, -0.2) is 5.91 Å². The first kappa shape index (κ1) is 18.0. The maximum absolute atomic E-state index is 12.9. The number of nitrogens with one attached hydrogen (secondary N) is 1. The molecule has 0 bridgehead atoms. The molecule has 2 aromatic carbocycles. The molecule has 4 nitrogen and oxygen atoms in total. The Balaban J connectivity index is 1.98. The van der Waals surface area contributed by atoms with Crippen molar-refractivity contribution in [2.75, 3.05) is 5.32 Å². The number of aryl methyl sites for hydroxylation is 1.